The van der Waals surface area contributed by atoms with Crippen LogP contribution >= 0.6 is 11.3 Å². The average molecular weight is 394 g/mol. The molecule has 0 radical (unpaired) electrons. The van der Waals surface area contributed by atoms with E-state index in [1.807, 2.05) is 11.4 Å². The van der Waals surface area contributed by atoms with Gasteiger partial charge in [0.25, 0.3) is 5.91 Å². The van der Waals surface area contributed by atoms with Crippen molar-refractivity contribution in [2.45, 2.75) is 31.9 Å². The van der Waals surface area contributed by atoms with Crippen molar-refractivity contribution in [2.75, 3.05) is 13.1 Å². The number of hydrogen-bond donors (Lipinski definition) is 0. The van der Waals surface area contributed by atoms with Gasteiger partial charge in [0.05, 0.1) is 10.6 Å². The minimum absolute atomic E-state index is 0.0192. The second-order valence-corrected chi connectivity index (χ2v) is 7.61. The van der Waals surface area contributed by atoms with Crippen LogP contribution in [0.15, 0.2) is 29.6 Å². The predicted molar refractivity (Wildman–Crippen MR) is 94.9 cm³/mol. The van der Waals surface area contributed by atoms with Crippen molar-refractivity contribution in [3.05, 3.63) is 51.6 Å². The summed E-state index contributed by atoms with van der Waals surface area (Å²) in [5.41, 5.74) is 0.293. The highest BCUT2D eigenvalue weighted by Gasteiger charge is 2.36. The number of hydrogen-bond acceptors (Lipinski definition) is 4. The van der Waals surface area contributed by atoms with Crippen LogP contribution in [-0.2, 0) is 6.18 Å². The molecule has 27 heavy (non-hydrogen) atoms. The molecule has 5 nitrogen and oxygen atoms in total. The largest absolute Gasteiger partial charge is 0.433 e. The molecular formula is C18H17F3N4OS. The molecule has 1 aliphatic rings. The Bertz CT molecular complexity index is 973. The van der Waals surface area contributed by atoms with Gasteiger partial charge in [0, 0.05) is 30.8 Å². The van der Waals surface area contributed by atoms with Crippen LogP contribution in [0.1, 0.15) is 45.5 Å². The van der Waals surface area contributed by atoms with Gasteiger partial charge in [-0.3, -0.25) is 4.79 Å². The van der Waals surface area contributed by atoms with Crippen molar-refractivity contribution in [3.63, 3.8) is 0 Å². The summed E-state index contributed by atoms with van der Waals surface area (Å²) in [6, 6.07) is 6.26. The monoisotopic (exact) mass is 394 g/mol. The Labute approximate surface area is 157 Å². The zero-order valence-electron chi connectivity index (χ0n) is 14.5. The van der Waals surface area contributed by atoms with E-state index in [2.05, 4.69) is 10.1 Å². The first kappa shape index (κ1) is 18.0. The lowest BCUT2D eigenvalue weighted by Crippen LogP contribution is -2.37. The summed E-state index contributed by atoms with van der Waals surface area (Å²) in [5, 5.41) is 5.76. The second-order valence-electron chi connectivity index (χ2n) is 6.66. The molecular weight excluding hydrogens is 377 g/mol. The normalized spacial score (nSPS) is 16.2. The van der Waals surface area contributed by atoms with Crippen molar-refractivity contribution in [2.24, 2.45) is 0 Å². The van der Waals surface area contributed by atoms with E-state index in [0.29, 0.717) is 42.2 Å². The lowest BCUT2D eigenvalue weighted by molar-refractivity contribution is -0.142. The fourth-order valence-electron chi connectivity index (χ4n) is 3.45. The summed E-state index contributed by atoms with van der Waals surface area (Å²) in [6.07, 6.45) is -3.33. The Morgan fingerprint density at radius 3 is 2.63 bits per heavy atom. The molecule has 0 N–H and O–H groups in total. The van der Waals surface area contributed by atoms with E-state index < -0.39 is 11.9 Å². The Hall–Kier alpha value is -2.42. The number of carbonyl (C=O) groups is 1. The molecule has 3 aromatic heterocycles. The quantitative estimate of drug-likeness (QED) is 0.657. The zero-order valence-corrected chi connectivity index (χ0v) is 15.3. The van der Waals surface area contributed by atoms with Gasteiger partial charge in [0.1, 0.15) is 5.69 Å². The van der Waals surface area contributed by atoms with Crippen molar-refractivity contribution in [3.8, 4) is 0 Å². The van der Waals surface area contributed by atoms with Crippen LogP contribution in [0.25, 0.3) is 5.65 Å². The van der Waals surface area contributed by atoms with Gasteiger partial charge in [-0.15, -0.1) is 11.3 Å². The number of piperidine rings is 1. The highest BCUT2D eigenvalue weighted by atomic mass is 32.1. The summed E-state index contributed by atoms with van der Waals surface area (Å²) in [5.74, 6) is -0.132. The Kier molecular flexibility index (Phi) is 4.41. The summed E-state index contributed by atoms with van der Waals surface area (Å²) >= 11 is 1.39. The molecule has 0 aliphatic carbocycles. The van der Waals surface area contributed by atoms with Gasteiger partial charge in [-0.25, -0.2) is 9.50 Å². The summed E-state index contributed by atoms with van der Waals surface area (Å²) < 4.78 is 41.2. The highest BCUT2D eigenvalue weighted by molar-refractivity contribution is 7.12. The number of rotatable bonds is 2. The fraction of sp³-hybridized carbons (Fsp3) is 0.389. The predicted octanol–water partition coefficient (Wildman–Crippen LogP) is 4.14. The first-order valence-electron chi connectivity index (χ1n) is 8.60. The van der Waals surface area contributed by atoms with E-state index in [1.165, 1.54) is 11.3 Å². The second kappa shape index (κ2) is 6.63. The lowest BCUT2D eigenvalue weighted by atomic mass is 9.92. The lowest BCUT2D eigenvalue weighted by Gasteiger charge is -2.31. The third-order valence-corrected chi connectivity index (χ3v) is 5.65. The number of aryl methyl sites for hydroxylation is 1. The number of alkyl halides is 3. The van der Waals surface area contributed by atoms with E-state index >= 15 is 0 Å². The van der Waals surface area contributed by atoms with E-state index in [0.717, 1.165) is 10.6 Å². The number of nitrogens with zero attached hydrogens (tertiary/aromatic N) is 4. The third-order valence-electron chi connectivity index (χ3n) is 4.79. The van der Waals surface area contributed by atoms with Gasteiger partial charge in [-0.1, -0.05) is 6.07 Å². The molecule has 0 saturated carbocycles. The molecule has 0 atom stereocenters. The zero-order chi connectivity index (χ0) is 19.2. The molecule has 0 spiro atoms. The molecule has 1 amide bonds. The molecule has 9 heteroatoms. The molecule has 4 rings (SSSR count). The van der Waals surface area contributed by atoms with Crippen LogP contribution in [0.5, 0.6) is 0 Å². The molecule has 4 heterocycles. The third kappa shape index (κ3) is 3.43. The summed E-state index contributed by atoms with van der Waals surface area (Å²) in [6.45, 7) is 2.66. The van der Waals surface area contributed by atoms with Crippen LogP contribution in [0.4, 0.5) is 13.2 Å². The topological polar surface area (TPSA) is 50.5 Å². The van der Waals surface area contributed by atoms with Crippen molar-refractivity contribution < 1.29 is 18.0 Å². The smallest absolute Gasteiger partial charge is 0.338 e. The van der Waals surface area contributed by atoms with Gasteiger partial charge >= 0.3 is 6.18 Å². The van der Waals surface area contributed by atoms with Crippen LogP contribution in [0.2, 0.25) is 0 Å². The molecule has 1 aliphatic heterocycles. The van der Waals surface area contributed by atoms with Crippen LogP contribution in [0, 0.1) is 6.92 Å². The number of carbonyl (C=O) groups excluding carboxylic acids is 1. The maximum Gasteiger partial charge on any atom is 0.433 e. The van der Waals surface area contributed by atoms with Gasteiger partial charge in [0.15, 0.2) is 5.65 Å². The van der Waals surface area contributed by atoms with Gasteiger partial charge < -0.3 is 4.90 Å². The van der Waals surface area contributed by atoms with Crippen LogP contribution < -0.4 is 0 Å². The summed E-state index contributed by atoms with van der Waals surface area (Å²) in [7, 11) is 0. The number of amides is 1. The Morgan fingerprint density at radius 1 is 1.26 bits per heavy atom. The summed E-state index contributed by atoms with van der Waals surface area (Å²) in [4.78, 5) is 19.3. The van der Waals surface area contributed by atoms with Gasteiger partial charge in [0.2, 0.25) is 0 Å². The first-order chi connectivity index (χ1) is 12.8. The molecule has 142 valence electrons. The number of thiophene rings is 1. The van der Waals surface area contributed by atoms with Crippen molar-refractivity contribution in [1.29, 1.82) is 0 Å². The van der Waals surface area contributed by atoms with E-state index in [1.54, 1.807) is 24.0 Å². The Balaban J connectivity index is 1.58. The van der Waals surface area contributed by atoms with E-state index in [4.69, 9.17) is 0 Å². The maximum absolute atomic E-state index is 13.5. The molecule has 0 bridgehead atoms. The first-order valence-corrected chi connectivity index (χ1v) is 9.48. The van der Waals surface area contributed by atoms with Crippen molar-refractivity contribution >= 4 is 22.9 Å². The van der Waals surface area contributed by atoms with Crippen molar-refractivity contribution in [1.82, 2.24) is 19.5 Å². The SMILES string of the molecule is Cc1cc2nc(C3CCN(C(=O)c4cccs4)CC3)cc(C(F)(F)F)n2n1. The molecule has 0 aromatic carbocycles. The minimum Gasteiger partial charge on any atom is -0.338 e. The van der Waals surface area contributed by atoms with E-state index in [9.17, 15) is 18.0 Å². The average Bonchev–Trinajstić information content (AvgIpc) is 3.28. The minimum atomic E-state index is -4.51. The Morgan fingerprint density at radius 2 is 2.00 bits per heavy atom. The highest BCUT2D eigenvalue weighted by Crippen LogP contribution is 2.34. The fourth-order valence-corrected chi connectivity index (χ4v) is 4.14. The molecule has 3 aromatic rings. The molecule has 1 saturated heterocycles. The van der Waals surface area contributed by atoms with Crippen LogP contribution in [-0.4, -0.2) is 38.5 Å². The standard InChI is InChI=1S/C18H17F3N4OS/c1-11-9-16-22-13(10-15(18(19,20)21)25(16)23-11)12-4-6-24(7-5-12)17(26)14-3-2-8-27-14/h2-3,8-10,12H,4-7H2,1H3. The number of likely N-dealkylation sites (tertiary alicyclic amines) is 1. The molecule has 1 fully saturated rings. The number of aromatic nitrogens is 3. The van der Waals surface area contributed by atoms with Gasteiger partial charge in [-0.05, 0) is 37.3 Å². The maximum atomic E-state index is 13.5. The van der Waals surface area contributed by atoms with Gasteiger partial charge in [-0.2, -0.15) is 18.3 Å². The van der Waals surface area contributed by atoms with E-state index in [-0.39, 0.29) is 17.5 Å². The molecule has 0 unspecified atom stereocenters. The number of fused-ring (bicyclic) bond motifs is 1. The number of halogens is 3. The van der Waals surface area contributed by atoms with Crippen LogP contribution in [0.3, 0.4) is 0 Å².